The summed E-state index contributed by atoms with van der Waals surface area (Å²) in [6.07, 6.45) is 5.61. The Bertz CT molecular complexity index is 586. The minimum absolute atomic E-state index is 0.339. The molecule has 0 saturated heterocycles. The van der Waals surface area contributed by atoms with Crippen molar-refractivity contribution in [1.29, 1.82) is 0 Å². The maximum absolute atomic E-state index is 6.57. The van der Waals surface area contributed by atoms with Crippen LogP contribution in [-0.4, -0.2) is 9.97 Å². The number of hydrogen-bond donors (Lipinski definition) is 1. The molecule has 1 aliphatic rings. The van der Waals surface area contributed by atoms with Crippen LogP contribution in [0.4, 0.5) is 0 Å². The molecule has 1 aromatic carbocycles. The molecule has 3 nitrogen and oxygen atoms in total. The van der Waals surface area contributed by atoms with E-state index in [-0.39, 0.29) is 5.54 Å². The minimum atomic E-state index is -0.339. The number of nitrogens with zero attached hydrogens (tertiary/aromatic N) is 2. The maximum Gasteiger partial charge on any atom is 0.149 e. The Balaban J connectivity index is 2.03. The lowest BCUT2D eigenvalue weighted by Crippen LogP contribution is -2.40. The third-order valence-electron chi connectivity index (χ3n) is 4.11. The van der Waals surface area contributed by atoms with Gasteiger partial charge < -0.3 is 5.73 Å². The molecular weight excluding hydrogens is 246 g/mol. The van der Waals surface area contributed by atoms with Crippen molar-refractivity contribution < 1.29 is 0 Å². The smallest absolute Gasteiger partial charge is 0.149 e. The molecule has 0 amide bonds. The molecule has 0 radical (unpaired) electrons. The second kappa shape index (κ2) is 5.33. The maximum atomic E-state index is 6.57. The highest BCUT2D eigenvalue weighted by Crippen LogP contribution is 2.33. The van der Waals surface area contributed by atoms with Gasteiger partial charge in [-0.1, -0.05) is 49.6 Å². The van der Waals surface area contributed by atoms with Crippen LogP contribution in [0.15, 0.2) is 36.4 Å². The molecule has 0 bridgehead atoms. The number of aryl methyl sites for hydroxylation is 1. The van der Waals surface area contributed by atoms with Gasteiger partial charge in [-0.2, -0.15) is 0 Å². The van der Waals surface area contributed by atoms with E-state index < -0.39 is 0 Å². The van der Waals surface area contributed by atoms with Gasteiger partial charge in [0.15, 0.2) is 0 Å². The van der Waals surface area contributed by atoms with Crippen LogP contribution in [-0.2, 0) is 5.54 Å². The van der Waals surface area contributed by atoms with E-state index in [1.54, 1.807) is 0 Å². The topological polar surface area (TPSA) is 51.8 Å². The minimum Gasteiger partial charge on any atom is -0.319 e. The summed E-state index contributed by atoms with van der Waals surface area (Å²) in [5.74, 6) is 0.816. The van der Waals surface area contributed by atoms with Crippen LogP contribution in [0, 0.1) is 6.92 Å². The van der Waals surface area contributed by atoms with Crippen molar-refractivity contribution in [1.82, 2.24) is 9.97 Å². The molecule has 2 aromatic rings. The van der Waals surface area contributed by atoms with Gasteiger partial charge in [-0.25, -0.2) is 9.97 Å². The molecule has 1 aliphatic carbocycles. The average Bonchev–Trinajstić information content (AvgIpc) is 2.48. The van der Waals surface area contributed by atoms with E-state index in [2.05, 4.69) is 17.1 Å². The molecule has 0 spiro atoms. The standard InChI is InChI=1S/C17H21N3/c1-13-12-15(14-8-4-2-5-9-14)20-16(19-13)17(18)10-6-3-7-11-17/h2,4-5,8-9,12H,3,6-7,10-11,18H2,1H3. The van der Waals surface area contributed by atoms with E-state index in [0.29, 0.717) is 0 Å². The molecule has 1 aromatic heterocycles. The van der Waals surface area contributed by atoms with Crippen molar-refractivity contribution in [3.63, 3.8) is 0 Å². The normalized spacial score (nSPS) is 17.9. The highest BCUT2D eigenvalue weighted by Gasteiger charge is 2.32. The van der Waals surface area contributed by atoms with Crippen molar-refractivity contribution in [3.05, 3.63) is 47.9 Å². The number of aromatic nitrogens is 2. The molecular formula is C17H21N3. The van der Waals surface area contributed by atoms with Gasteiger partial charge in [0.25, 0.3) is 0 Å². The molecule has 20 heavy (non-hydrogen) atoms. The summed E-state index contributed by atoms with van der Waals surface area (Å²) in [5.41, 5.74) is 9.32. The van der Waals surface area contributed by atoms with Crippen molar-refractivity contribution in [2.24, 2.45) is 5.73 Å². The predicted octanol–water partition coefficient (Wildman–Crippen LogP) is 3.57. The van der Waals surface area contributed by atoms with Gasteiger partial charge in [-0.05, 0) is 25.8 Å². The summed E-state index contributed by atoms with van der Waals surface area (Å²) in [4.78, 5) is 9.38. The summed E-state index contributed by atoms with van der Waals surface area (Å²) < 4.78 is 0. The SMILES string of the molecule is Cc1cc(-c2ccccc2)nc(C2(N)CCCCC2)n1. The second-order valence-electron chi connectivity index (χ2n) is 5.80. The first kappa shape index (κ1) is 13.3. The fourth-order valence-electron chi connectivity index (χ4n) is 2.95. The van der Waals surface area contributed by atoms with E-state index in [4.69, 9.17) is 10.7 Å². The Morgan fingerprint density at radius 1 is 1.00 bits per heavy atom. The lowest BCUT2D eigenvalue weighted by atomic mass is 9.82. The average molecular weight is 267 g/mol. The Labute approximate surface area is 120 Å². The third kappa shape index (κ3) is 2.59. The molecule has 3 heteroatoms. The molecule has 0 atom stereocenters. The Kier molecular flexibility index (Phi) is 3.53. The van der Waals surface area contributed by atoms with Crippen LogP contribution < -0.4 is 5.73 Å². The van der Waals surface area contributed by atoms with E-state index in [9.17, 15) is 0 Å². The first-order valence-corrected chi connectivity index (χ1v) is 7.38. The number of hydrogen-bond acceptors (Lipinski definition) is 3. The van der Waals surface area contributed by atoms with Crippen LogP contribution in [0.2, 0.25) is 0 Å². The highest BCUT2D eigenvalue weighted by molar-refractivity contribution is 5.59. The number of rotatable bonds is 2. The Hall–Kier alpha value is -1.74. The summed E-state index contributed by atoms with van der Waals surface area (Å²) in [6, 6.07) is 12.3. The van der Waals surface area contributed by atoms with E-state index in [1.165, 1.54) is 19.3 Å². The van der Waals surface area contributed by atoms with Crippen LogP contribution in [0.5, 0.6) is 0 Å². The van der Waals surface area contributed by atoms with Crippen LogP contribution in [0.3, 0.4) is 0 Å². The molecule has 2 N–H and O–H groups in total. The quantitative estimate of drug-likeness (QED) is 0.905. The van der Waals surface area contributed by atoms with E-state index in [0.717, 1.165) is 35.6 Å². The largest absolute Gasteiger partial charge is 0.319 e. The third-order valence-corrected chi connectivity index (χ3v) is 4.11. The van der Waals surface area contributed by atoms with Gasteiger partial charge in [-0.15, -0.1) is 0 Å². The first-order chi connectivity index (χ1) is 9.67. The fourth-order valence-corrected chi connectivity index (χ4v) is 2.95. The van der Waals surface area contributed by atoms with Crippen LogP contribution in [0.1, 0.15) is 43.6 Å². The summed E-state index contributed by atoms with van der Waals surface area (Å²) >= 11 is 0. The summed E-state index contributed by atoms with van der Waals surface area (Å²) in [5, 5.41) is 0. The zero-order valence-electron chi connectivity index (χ0n) is 12.0. The van der Waals surface area contributed by atoms with Crippen molar-refractivity contribution in [2.75, 3.05) is 0 Å². The highest BCUT2D eigenvalue weighted by atomic mass is 15.0. The van der Waals surface area contributed by atoms with Gasteiger partial charge in [0, 0.05) is 11.3 Å². The zero-order chi connectivity index (χ0) is 14.0. The number of nitrogens with two attached hydrogens (primary N) is 1. The van der Waals surface area contributed by atoms with Crippen molar-refractivity contribution in [3.8, 4) is 11.3 Å². The molecule has 1 saturated carbocycles. The second-order valence-corrected chi connectivity index (χ2v) is 5.80. The van der Waals surface area contributed by atoms with Crippen LogP contribution >= 0.6 is 0 Å². The molecule has 1 fully saturated rings. The molecule has 3 rings (SSSR count). The van der Waals surface area contributed by atoms with E-state index in [1.807, 2.05) is 31.2 Å². The van der Waals surface area contributed by atoms with E-state index >= 15 is 0 Å². The number of benzene rings is 1. The van der Waals surface area contributed by atoms with Gasteiger partial charge in [-0.3, -0.25) is 0 Å². The van der Waals surface area contributed by atoms with Crippen LogP contribution in [0.25, 0.3) is 11.3 Å². The van der Waals surface area contributed by atoms with Crippen molar-refractivity contribution >= 4 is 0 Å². The van der Waals surface area contributed by atoms with Gasteiger partial charge in [0.05, 0.1) is 11.2 Å². The predicted molar refractivity (Wildman–Crippen MR) is 81.2 cm³/mol. The lowest BCUT2D eigenvalue weighted by Gasteiger charge is -2.32. The Morgan fingerprint density at radius 3 is 2.40 bits per heavy atom. The zero-order valence-corrected chi connectivity index (χ0v) is 12.0. The first-order valence-electron chi connectivity index (χ1n) is 7.38. The monoisotopic (exact) mass is 267 g/mol. The lowest BCUT2D eigenvalue weighted by molar-refractivity contribution is 0.286. The van der Waals surface area contributed by atoms with Crippen molar-refractivity contribution in [2.45, 2.75) is 44.6 Å². The summed E-state index contributed by atoms with van der Waals surface area (Å²) in [6.45, 7) is 2.02. The molecule has 0 aliphatic heterocycles. The molecule has 0 unspecified atom stereocenters. The molecule has 104 valence electrons. The van der Waals surface area contributed by atoms with Gasteiger partial charge in [0.1, 0.15) is 5.82 Å². The molecule has 1 heterocycles. The van der Waals surface area contributed by atoms with Gasteiger partial charge >= 0.3 is 0 Å². The summed E-state index contributed by atoms with van der Waals surface area (Å²) in [7, 11) is 0. The Morgan fingerprint density at radius 2 is 1.70 bits per heavy atom. The van der Waals surface area contributed by atoms with Gasteiger partial charge in [0.2, 0.25) is 0 Å². The fraction of sp³-hybridized carbons (Fsp3) is 0.412.